The van der Waals surface area contributed by atoms with E-state index in [0.29, 0.717) is 17.3 Å². The number of rotatable bonds is 6. The van der Waals surface area contributed by atoms with Gasteiger partial charge in [0.15, 0.2) is 0 Å². The van der Waals surface area contributed by atoms with E-state index in [1.165, 1.54) is 12.1 Å². The van der Waals surface area contributed by atoms with Crippen molar-refractivity contribution in [2.24, 2.45) is 0 Å². The zero-order valence-electron chi connectivity index (χ0n) is 19.7. The van der Waals surface area contributed by atoms with Crippen LogP contribution in [0.5, 0.6) is 0 Å². The predicted octanol–water partition coefficient (Wildman–Crippen LogP) is 7.07. The number of nitrogens with zero attached hydrogens (tertiary/aromatic N) is 6. The summed E-state index contributed by atoms with van der Waals surface area (Å²) in [5.41, 5.74) is 6.08. The second-order valence-electron chi connectivity index (χ2n) is 8.54. The van der Waals surface area contributed by atoms with E-state index in [4.69, 9.17) is 21.7 Å². The quantitative estimate of drug-likeness (QED) is 0.233. The third-order valence-corrected chi connectivity index (χ3v) is 7.38. The SMILES string of the molecule is Cc1nc(-c2ccc(Cl)cc2)sc1-c1nn(-c2ccccc2)cc1-c1cn(Cc2ccc(F)cc2)nn1. The van der Waals surface area contributed by atoms with Crippen LogP contribution in [-0.4, -0.2) is 29.8 Å². The molecule has 0 aliphatic carbocycles. The van der Waals surface area contributed by atoms with E-state index in [1.807, 2.05) is 78.6 Å². The normalized spacial score (nSPS) is 11.2. The Morgan fingerprint density at radius 1 is 0.919 bits per heavy atom. The van der Waals surface area contributed by atoms with Crippen molar-refractivity contribution in [3.05, 3.63) is 113 Å². The molecule has 0 aliphatic heterocycles. The van der Waals surface area contributed by atoms with E-state index in [0.717, 1.165) is 43.7 Å². The van der Waals surface area contributed by atoms with Gasteiger partial charge in [0.25, 0.3) is 0 Å². The van der Waals surface area contributed by atoms with Crippen LogP contribution in [0.25, 0.3) is 38.1 Å². The van der Waals surface area contributed by atoms with Gasteiger partial charge >= 0.3 is 0 Å². The molecule has 3 aromatic carbocycles. The fourth-order valence-corrected chi connectivity index (χ4v) is 5.25. The molecule has 0 N–H and O–H groups in total. The van der Waals surface area contributed by atoms with E-state index in [1.54, 1.807) is 28.2 Å². The molecule has 6 rings (SSSR count). The summed E-state index contributed by atoms with van der Waals surface area (Å²) in [6, 6.07) is 24.0. The minimum Gasteiger partial charge on any atom is -0.247 e. The third-order valence-electron chi connectivity index (χ3n) is 5.91. The topological polar surface area (TPSA) is 61.4 Å². The molecule has 0 fully saturated rings. The van der Waals surface area contributed by atoms with Crippen LogP contribution in [0.3, 0.4) is 0 Å². The molecule has 0 aliphatic rings. The highest BCUT2D eigenvalue weighted by Crippen LogP contribution is 2.39. The summed E-state index contributed by atoms with van der Waals surface area (Å²) in [4.78, 5) is 5.79. The van der Waals surface area contributed by atoms with Crippen LogP contribution in [-0.2, 0) is 6.54 Å². The Labute approximate surface area is 221 Å². The van der Waals surface area contributed by atoms with Crippen molar-refractivity contribution in [3.63, 3.8) is 0 Å². The Kier molecular flexibility index (Phi) is 6.12. The van der Waals surface area contributed by atoms with Gasteiger partial charge in [-0.15, -0.1) is 16.4 Å². The fraction of sp³-hybridized carbons (Fsp3) is 0.0714. The van der Waals surface area contributed by atoms with Gasteiger partial charge in [0, 0.05) is 16.8 Å². The van der Waals surface area contributed by atoms with E-state index in [9.17, 15) is 4.39 Å². The van der Waals surface area contributed by atoms with Gasteiger partial charge in [-0.05, 0) is 48.9 Å². The molecule has 37 heavy (non-hydrogen) atoms. The Morgan fingerprint density at radius 2 is 1.68 bits per heavy atom. The molecule has 0 radical (unpaired) electrons. The highest BCUT2D eigenvalue weighted by molar-refractivity contribution is 7.18. The molecule has 9 heteroatoms. The van der Waals surface area contributed by atoms with Gasteiger partial charge in [0.2, 0.25) is 0 Å². The zero-order valence-corrected chi connectivity index (χ0v) is 21.3. The first-order valence-corrected chi connectivity index (χ1v) is 12.8. The maximum Gasteiger partial charge on any atom is 0.124 e. The van der Waals surface area contributed by atoms with Crippen LogP contribution in [0, 0.1) is 12.7 Å². The summed E-state index contributed by atoms with van der Waals surface area (Å²) in [5.74, 6) is -0.265. The Balaban J connectivity index is 1.42. The van der Waals surface area contributed by atoms with Crippen molar-refractivity contribution in [1.82, 2.24) is 29.8 Å². The lowest BCUT2D eigenvalue weighted by Gasteiger charge is -2.00. The maximum atomic E-state index is 13.3. The van der Waals surface area contributed by atoms with E-state index in [2.05, 4.69) is 10.3 Å². The maximum absolute atomic E-state index is 13.3. The summed E-state index contributed by atoms with van der Waals surface area (Å²) in [6.45, 7) is 2.47. The second kappa shape index (κ2) is 9.72. The molecular formula is C28H20ClFN6S. The lowest BCUT2D eigenvalue weighted by Crippen LogP contribution is -2.00. The van der Waals surface area contributed by atoms with Gasteiger partial charge < -0.3 is 0 Å². The smallest absolute Gasteiger partial charge is 0.124 e. The molecule has 0 saturated heterocycles. The molecule has 0 bridgehead atoms. The second-order valence-corrected chi connectivity index (χ2v) is 9.98. The molecule has 3 heterocycles. The molecule has 0 unspecified atom stereocenters. The Hall–Kier alpha value is -4.14. The first kappa shape index (κ1) is 23.3. The standard InChI is InChI=1S/C28H20ClFN6S/c1-18-27(37-28(31-18)20-9-11-21(29)12-10-20)26-24(16-36(33-26)23-5-3-2-4-6-23)25-17-35(34-32-25)15-19-7-13-22(30)14-8-19/h2-14,16-17H,15H2,1H3. The first-order chi connectivity index (χ1) is 18.0. The van der Waals surface area contributed by atoms with Gasteiger partial charge in [-0.1, -0.05) is 59.3 Å². The number of halogens is 2. The van der Waals surface area contributed by atoms with Gasteiger partial charge in [-0.2, -0.15) is 5.10 Å². The van der Waals surface area contributed by atoms with Crippen molar-refractivity contribution in [2.45, 2.75) is 13.5 Å². The van der Waals surface area contributed by atoms with Gasteiger partial charge in [0.1, 0.15) is 22.2 Å². The van der Waals surface area contributed by atoms with Gasteiger partial charge in [0.05, 0.1) is 34.6 Å². The highest BCUT2D eigenvalue weighted by atomic mass is 35.5. The number of aromatic nitrogens is 6. The van der Waals surface area contributed by atoms with Crippen LogP contribution in [0.15, 0.2) is 91.3 Å². The average Bonchev–Trinajstić information content (AvgIpc) is 3.65. The van der Waals surface area contributed by atoms with Gasteiger partial charge in [-0.3, -0.25) is 0 Å². The number of hydrogen-bond acceptors (Lipinski definition) is 5. The molecule has 0 spiro atoms. The van der Waals surface area contributed by atoms with Crippen LogP contribution < -0.4 is 0 Å². The molecule has 6 aromatic rings. The fourth-order valence-electron chi connectivity index (χ4n) is 4.05. The summed E-state index contributed by atoms with van der Waals surface area (Å²) in [5, 5.41) is 15.3. The van der Waals surface area contributed by atoms with Crippen LogP contribution >= 0.6 is 22.9 Å². The number of para-hydroxylation sites is 1. The van der Waals surface area contributed by atoms with Crippen molar-refractivity contribution in [1.29, 1.82) is 0 Å². The zero-order chi connectivity index (χ0) is 25.4. The Morgan fingerprint density at radius 3 is 2.43 bits per heavy atom. The third kappa shape index (κ3) is 4.81. The van der Waals surface area contributed by atoms with E-state index < -0.39 is 0 Å². The summed E-state index contributed by atoms with van der Waals surface area (Å²) >= 11 is 7.66. The summed E-state index contributed by atoms with van der Waals surface area (Å²) < 4.78 is 16.9. The minimum absolute atomic E-state index is 0.265. The van der Waals surface area contributed by atoms with Crippen LogP contribution in [0.1, 0.15) is 11.3 Å². The number of aryl methyl sites for hydroxylation is 1. The molecule has 6 nitrogen and oxygen atoms in total. The molecule has 182 valence electrons. The molecule has 0 atom stereocenters. The van der Waals surface area contributed by atoms with Crippen molar-refractivity contribution in [2.75, 3.05) is 0 Å². The predicted molar refractivity (Wildman–Crippen MR) is 144 cm³/mol. The van der Waals surface area contributed by atoms with Crippen molar-refractivity contribution in [3.8, 4) is 38.1 Å². The average molecular weight is 527 g/mol. The van der Waals surface area contributed by atoms with Crippen LogP contribution in [0.2, 0.25) is 5.02 Å². The number of benzene rings is 3. The molecule has 0 amide bonds. The van der Waals surface area contributed by atoms with E-state index in [-0.39, 0.29) is 5.82 Å². The highest BCUT2D eigenvalue weighted by Gasteiger charge is 2.22. The van der Waals surface area contributed by atoms with E-state index >= 15 is 0 Å². The lowest BCUT2D eigenvalue weighted by molar-refractivity contribution is 0.621. The van der Waals surface area contributed by atoms with Crippen molar-refractivity contribution < 1.29 is 4.39 Å². The largest absolute Gasteiger partial charge is 0.247 e. The number of hydrogen-bond donors (Lipinski definition) is 0. The molecule has 0 saturated carbocycles. The van der Waals surface area contributed by atoms with Gasteiger partial charge in [-0.25, -0.2) is 18.7 Å². The summed E-state index contributed by atoms with van der Waals surface area (Å²) in [7, 11) is 0. The summed E-state index contributed by atoms with van der Waals surface area (Å²) in [6.07, 6.45) is 3.85. The Bertz CT molecular complexity index is 1670. The number of thiazole rings is 1. The molecular weight excluding hydrogens is 507 g/mol. The molecule has 3 aromatic heterocycles. The van der Waals surface area contributed by atoms with Crippen LogP contribution in [0.4, 0.5) is 4.39 Å². The minimum atomic E-state index is -0.265. The van der Waals surface area contributed by atoms with Crippen molar-refractivity contribution >= 4 is 22.9 Å². The first-order valence-electron chi connectivity index (χ1n) is 11.6. The lowest BCUT2D eigenvalue weighted by atomic mass is 10.1. The monoisotopic (exact) mass is 526 g/mol.